The molecule has 0 saturated heterocycles. The first-order chi connectivity index (χ1) is 8.87. The van der Waals surface area contributed by atoms with Crippen LogP contribution < -0.4 is 5.32 Å². The van der Waals surface area contributed by atoms with Gasteiger partial charge in [0.1, 0.15) is 5.56 Å². The largest absolute Gasteiger partial charge is 0.478 e. The van der Waals surface area contributed by atoms with Gasteiger partial charge < -0.3 is 20.3 Å². The Morgan fingerprint density at radius 2 is 2.32 bits per heavy atom. The molecule has 19 heavy (non-hydrogen) atoms. The standard InChI is InChI=1S/C12H17FN2O4/c1-12(18,4-6-19-2)7-15-10-9(13)8(11(16)17)3-5-14-10/h3,5,18H,4,6-7H2,1-2H3,(H,14,15)(H,16,17). The van der Waals surface area contributed by atoms with Crippen LogP contribution in [0.15, 0.2) is 12.3 Å². The van der Waals surface area contributed by atoms with Gasteiger partial charge in [-0.2, -0.15) is 0 Å². The number of rotatable bonds is 7. The highest BCUT2D eigenvalue weighted by Gasteiger charge is 2.22. The first kappa shape index (κ1) is 15.3. The molecule has 3 N–H and O–H groups in total. The Bertz CT molecular complexity index is 451. The number of aliphatic hydroxyl groups is 1. The molecule has 1 unspecified atom stereocenters. The number of hydrogen-bond donors (Lipinski definition) is 3. The Labute approximate surface area is 110 Å². The van der Waals surface area contributed by atoms with E-state index in [9.17, 15) is 14.3 Å². The Morgan fingerprint density at radius 1 is 1.63 bits per heavy atom. The van der Waals surface area contributed by atoms with Crippen LogP contribution in [0.25, 0.3) is 0 Å². The van der Waals surface area contributed by atoms with E-state index in [1.807, 2.05) is 0 Å². The minimum atomic E-state index is -1.37. The third kappa shape index (κ3) is 4.46. The maximum absolute atomic E-state index is 13.7. The van der Waals surface area contributed by atoms with Crippen molar-refractivity contribution >= 4 is 11.8 Å². The first-order valence-electron chi connectivity index (χ1n) is 5.70. The van der Waals surface area contributed by atoms with Gasteiger partial charge in [0.2, 0.25) is 0 Å². The summed E-state index contributed by atoms with van der Waals surface area (Å²) in [7, 11) is 1.51. The number of anilines is 1. The molecule has 0 aromatic carbocycles. The number of aromatic carboxylic acids is 1. The summed E-state index contributed by atoms with van der Waals surface area (Å²) in [6, 6.07) is 1.08. The fourth-order valence-electron chi connectivity index (χ4n) is 1.42. The summed E-state index contributed by atoms with van der Waals surface area (Å²) >= 11 is 0. The normalized spacial score (nSPS) is 13.9. The van der Waals surface area contributed by atoms with Crippen LogP contribution in [0, 0.1) is 5.82 Å². The monoisotopic (exact) mass is 272 g/mol. The predicted molar refractivity (Wildman–Crippen MR) is 66.8 cm³/mol. The Hall–Kier alpha value is -1.73. The van der Waals surface area contributed by atoms with Crippen LogP contribution in [0.4, 0.5) is 10.2 Å². The molecule has 0 amide bonds. The van der Waals surface area contributed by atoms with Gasteiger partial charge in [-0.05, 0) is 13.0 Å². The third-order valence-electron chi connectivity index (χ3n) is 2.60. The lowest BCUT2D eigenvalue weighted by Crippen LogP contribution is -2.35. The van der Waals surface area contributed by atoms with Crippen LogP contribution in [-0.4, -0.2) is 47.0 Å². The number of aromatic nitrogens is 1. The third-order valence-corrected chi connectivity index (χ3v) is 2.60. The summed E-state index contributed by atoms with van der Waals surface area (Å²) < 4.78 is 18.6. The minimum absolute atomic E-state index is 0.0311. The average molecular weight is 272 g/mol. The van der Waals surface area contributed by atoms with Crippen LogP contribution in [0.3, 0.4) is 0 Å². The van der Waals surface area contributed by atoms with Crippen molar-refractivity contribution in [1.29, 1.82) is 0 Å². The van der Waals surface area contributed by atoms with Gasteiger partial charge in [0.25, 0.3) is 0 Å². The Balaban J connectivity index is 2.73. The Morgan fingerprint density at radius 3 is 2.89 bits per heavy atom. The van der Waals surface area contributed by atoms with E-state index in [0.717, 1.165) is 6.07 Å². The molecular weight excluding hydrogens is 255 g/mol. The molecule has 0 aliphatic rings. The second-order valence-corrected chi connectivity index (χ2v) is 4.42. The minimum Gasteiger partial charge on any atom is -0.478 e. The number of halogens is 1. The average Bonchev–Trinajstić information content (AvgIpc) is 2.35. The maximum Gasteiger partial charge on any atom is 0.338 e. The molecule has 0 aliphatic heterocycles. The molecule has 0 saturated carbocycles. The number of nitrogens with zero attached hydrogens (tertiary/aromatic N) is 1. The molecule has 0 radical (unpaired) electrons. The molecule has 7 heteroatoms. The van der Waals surface area contributed by atoms with Gasteiger partial charge in [-0.15, -0.1) is 0 Å². The highest BCUT2D eigenvalue weighted by molar-refractivity contribution is 5.88. The van der Waals surface area contributed by atoms with Gasteiger partial charge in [-0.1, -0.05) is 0 Å². The second kappa shape index (κ2) is 6.44. The molecular formula is C12H17FN2O4. The van der Waals surface area contributed by atoms with Crippen LogP contribution in [-0.2, 0) is 4.74 Å². The van der Waals surface area contributed by atoms with E-state index < -0.39 is 23.0 Å². The van der Waals surface area contributed by atoms with Gasteiger partial charge in [-0.25, -0.2) is 14.2 Å². The molecule has 0 spiro atoms. The van der Waals surface area contributed by atoms with Crippen molar-refractivity contribution in [2.75, 3.05) is 25.6 Å². The van der Waals surface area contributed by atoms with Gasteiger partial charge in [0.05, 0.1) is 5.60 Å². The van der Waals surface area contributed by atoms with Gasteiger partial charge in [0.15, 0.2) is 11.6 Å². The zero-order chi connectivity index (χ0) is 14.5. The van der Waals surface area contributed by atoms with Crippen LogP contribution >= 0.6 is 0 Å². The fourth-order valence-corrected chi connectivity index (χ4v) is 1.42. The number of methoxy groups -OCH3 is 1. The van der Waals surface area contributed by atoms with Crippen molar-refractivity contribution in [3.05, 3.63) is 23.6 Å². The lowest BCUT2D eigenvalue weighted by atomic mass is 10.0. The van der Waals surface area contributed by atoms with E-state index in [1.165, 1.54) is 13.3 Å². The van der Waals surface area contributed by atoms with E-state index in [4.69, 9.17) is 9.84 Å². The van der Waals surface area contributed by atoms with Crippen molar-refractivity contribution in [2.24, 2.45) is 0 Å². The maximum atomic E-state index is 13.7. The van der Waals surface area contributed by atoms with Crippen LogP contribution in [0.2, 0.25) is 0 Å². The van der Waals surface area contributed by atoms with Crippen LogP contribution in [0.1, 0.15) is 23.7 Å². The van der Waals surface area contributed by atoms with E-state index in [1.54, 1.807) is 6.92 Å². The zero-order valence-corrected chi connectivity index (χ0v) is 10.8. The molecule has 1 rings (SSSR count). The summed E-state index contributed by atoms with van der Waals surface area (Å²) in [5.41, 5.74) is -1.57. The van der Waals surface area contributed by atoms with Crippen molar-refractivity contribution in [1.82, 2.24) is 4.98 Å². The second-order valence-electron chi connectivity index (χ2n) is 4.42. The fraction of sp³-hybridized carbons (Fsp3) is 0.500. The molecule has 0 bridgehead atoms. The summed E-state index contributed by atoms with van der Waals surface area (Å²) in [6.45, 7) is 1.96. The van der Waals surface area contributed by atoms with Gasteiger partial charge >= 0.3 is 5.97 Å². The molecule has 6 nitrogen and oxygen atoms in total. The number of carboxylic acids is 1. The van der Waals surface area contributed by atoms with Gasteiger partial charge in [-0.3, -0.25) is 0 Å². The van der Waals surface area contributed by atoms with E-state index in [2.05, 4.69) is 10.3 Å². The quantitative estimate of drug-likeness (QED) is 0.689. The molecule has 0 fully saturated rings. The SMILES string of the molecule is COCCC(C)(O)CNc1nccc(C(=O)O)c1F. The van der Waals surface area contributed by atoms with Crippen molar-refractivity contribution < 1.29 is 24.1 Å². The molecule has 1 atom stereocenters. The summed E-state index contributed by atoms with van der Waals surface area (Å²) in [5, 5.41) is 21.3. The van der Waals surface area contributed by atoms with E-state index >= 15 is 0 Å². The lowest BCUT2D eigenvalue weighted by molar-refractivity contribution is 0.0356. The van der Waals surface area contributed by atoms with Gasteiger partial charge in [0, 0.05) is 32.9 Å². The van der Waals surface area contributed by atoms with Crippen molar-refractivity contribution in [3.8, 4) is 0 Å². The molecule has 106 valence electrons. The molecule has 1 aromatic heterocycles. The lowest BCUT2D eigenvalue weighted by Gasteiger charge is -2.23. The molecule has 1 aromatic rings. The molecule has 1 heterocycles. The summed E-state index contributed by atoms with van der Waals surface area (Å²) in [6.07, 6.45) is 1.55. The van der Waals surface area contributed by atoms with Crippen molar-refractivity contribution in [2.45, 2.75) is 18.9 Å². The Kier molecular flexibility index (Phi) is 5.20. The van der Waals surface area contributed by atoms with Crippen molar-refractivity contribution in [3.63, 3.8) is 0 Å². The predicted octanol–water partition coefficient (Wildman–Crippen LogP) is 1.12. The molecule has 0 aliphatic carbocycles. The highest BCUT2D eigenvalue weighted by atomic mass is 19.1. The summed E-state index contributed by atoms with van der Waals surface area (Å²) in [5.74, 6) is -2.51. The van der Waals surface area contributed by atoms with E-state index in [0.29, 0.717) is 13.0 Å². The first-order valence-corrected chi connectivity index (χ1v) is 5.70. The smallest absolute Gasteiger partial charge is 0.338 e. The number of hydrogen-bond acceptors (Lipinski definition) is 5. The number of ether oxygens (including phenoxy) is 1. The topological polar surface area (TPSA) is 91.7 Å². The summed E-state index contributed by atoms with van der Waals surface area (Å²) in [4.78, 5) is 14.5. The van der Waals surface area contributed by atoms with Crippen LogP contribution in [0.5, 0.6) is 0 Å². The number of pyridine rings is 1. The number of nitrogens with one attached hydrogen (secondary N) is 1. The van der Waals surface area contributed by atoms with E-state index in [-0.39, 0.29) is 12.4 Å². The number of carboxylic acid groups (broad SMARTS) is 1. The zero-order valence-electron chi connectivity index (χ0n) is 10.8. The highest BCUT2D eigenvalue weighted by Crippen LogP contribution is 2.17. The number of carbonyl (C=O) groups is 1.